The number of fused-ring (bicyclic) bond motifs is 1. The molecule has 2 aromatic heterocycles. The van der Waals surface area contributed by atoms with Crippen LogP contribution in [0.2, 0.25) is 0 Å². The summed E-state index contributed by atoms with van der Waals surface area (Å²) in [5.41, 5.74) is 3.83. The maximum absolute atomic E-state index is 12.2. The van der Waals surface area contributed by atoms with Gasteiger partial charge in [0.05, 0.1) is 0 Å². The van der Waals surface area contributed by atoms with Gasteiger partial charge < -0.3 is 9.88 Å². The van der Waals surface area contributed by atoms with E-state index in [9.17, 15) is 4.79 Å². The fraction of sp³-hybridized carbons (Fsp3) is 0.412. The normalized spacial score (nSPS) is 17.5. The Hall–Kier alpha value is -1.94. The summed E-state index contributed by atoms with van der Waals surface area (Å²) in [6.07, 6.45) is 7.75. The average molecular weight is 283 g/mol. The molecular weight excluding hydrogens is 262 g/mol. The molecule has 0 aliphatic heterocycles. The monoisotopic (exact) mass is 283 g/mol. The number of pyridine rings is 2. The molecule has 0 radical (unpaired) electrons. The van der Waals surface area contributed by atoms with Crippen LogP contribution in [0.25, 0.3) is 0 Å². The second kappa shape index (κ2) is 6.22. The third-order valence-corrected chi connectivity index (χ3v) is 4.33. The summed E-state index contributed by atoms with van der Waals surface area (Å²) in [6.45, 7) is 0.739. The van der Waals surface area contributed by atoms with Crippen LogP contribution in [0.3, 0.4) is 0 Å². The van der Waals surface area contributed by atoms with Gasteiger partial charge in [0.2, 0.25) is 0 Å². The molecule has 0 spiro atoms. The summed E-state index contributed by atoms with van der Waals surface area (Å²) >= 11 is 0. The van der Waals surface area contributed by atoms with Gasteiger partial charge in [-0.25, -0.2) is 0 Å². The van der Waals surface area contributed by atoms with Crippen LogP contribution >= 0.6 is 0 Å². The summed E-state index contributed by atoms with van der Waals surface area (Å²) in [5, 5.41) is 3.36. The zero-order valence-corrected chi connectivity index (χ0v) is 12.4. The fourth-order valence-corrected chi connectivity index (χ4v) is 3.20. The highest BCUT2D eigenvalue weighted by molar-refractivity contribution is 5.27. The number of nitrogens with one attached hydrogen (secondary N) is 1. The van der Waals surface area contributed by atoms with Gasteiger partial charge in [-0.1, -0.05) is 6.07 Å². The molecule has 110 valence electrons. The first kappa shape index (κ1) is 14.0. The van der Waals surface area contributed by atoms with Crippen LogP contribution in [0.15, 0.2) is 41.5 Å². The molecule has 1 atom stereocenters. The van der Waals surface area contributed by atoms with Gasteiger partial charge in [0.15, 0.2) is 0 Å². The van der Waals surface area contributed by atoms with Crippen molar-refractivity contribution in [1.82, 2.24) is 14.9 Å². The predicted molar refractivity (Wildman–Crippen MR) is 83.4 cm³/mol. The van der Waals surface area contributed by atoms with E-state index in [2.05, 4.69) is 10.3 Å². The predicted octanol–water partition coefficient (Wildman–Crippen LogP) is 2.08. The first-order chi connectivity index (χ1) is 10.3. The van der Waals surface area contributed by atoms with Crippen LogP contribution in [0.4, 0.5) is 0 Å². The van der Waals surface area contributed by atoms with Crippen molar-refractivity contribution in [3.63, 3.8) is 0 Å². The number of hydrogen-bond donors (Lipinski definition) is 1. The highest BCUT2D eigenvalue weighted by atomic mass is 16.1. The van der Waals surface area contributed by atoms with E-state index in [1.807, 2.05) is 29.8 Å². The van der Waals surface area contributed by atoms with Gasteiger partial charge in [0.1, 0.15) is 0 Å². The topological polar surface area (TPSA) is 46.9 Å². The number of rotatable bonds is 4. The van der Waals surface area contributed by atoms with E-state index in [1.54, 1.807) is 18.5 Å². The van der Waals surface area contributed by atoms with E-state index < -0.39 is 0 Å². The van der Waals surface area contributed by atoms with Gasteiger partial charge in [0, 0.05) is 36.7 Å². The molecule has 2 heterocycles. The molecule has 1 unspecified atom stereocenters. The lowest BCUT2D eigenvalue weighted by atomic mass is 9.91. The molecule has 3 rings (SSSR count). The smallest absolute Gasteiger partial charge is 0.250 e. The molecular formula is C17H21N3O. The summed E-state index contributed by atoms with van der Waals surface area (Å²) in [7, 11) is 1.99. The molecule has 21 heavy (non-hydrogen) atoms. The third-order valence-electron chi connectivity index (χ3n) is 4.33. The van der Waals surface area contributed by atoms with Crippen LogP contribution in [0.5, 0.6) is 0 Å². The minimum absolute atomic E-state index is 0.111. The number of nitrogens with zero attached hydrogens (tertiary/aromatic N) is 2. The van der Waals surface area contributed by atoms with Crippen molar-refractivity contribution in [2.75, 3.05) is 7.05 Å². The zero-order valence-electron chi connectivity index (χ0n) is 12.4. The highest BCUT2D eigenvalue weighted by Gasteiger charge is 2.21. The lowest BCUT2D eigenvalue weighted by Gasteiger charge is -2.27. The maximum Gasteiger partial charge on any atom is 0.250 e. The number of aromatic nitrogens is 2. The largest absolute Gasteiger partial charge is 0.313 e. The average Bonchev–Trinajstić information content (AvgIpc) is 2.54. The molecule has 0 aromatic carbocycles. The molecule has 2 aromatic rings. The molecule has 0 fully saturated rings. The second-order valence-electron chi connectivity index (χ2n) is 5.56. The van der Waals surface area contributed by atoms with Crippen molar-refractivity contribution in [3.05, 3.63) is 63.8 Å². The van der Waals surface area contributed by atoms with Crippen LogP contribution in [0.1, 0.15) is 35.7 Å². The fourth-order valence-electron chi connectivity index (χ4n) is 3.20. The van der Waals surface area contributed by atoms with Crippen molar-refractivity contribution >= 4 is 0 Å². The van der Waals surface area contributed by atoms with Gasteiger partial charge in [-0.2, -0.15) is 0 Å². The van der Waals surface area contributed by atoms with Crippen LogP contribution < -0.4 is 10.9 Å². The standard InChI is InChI=1S/C17H21N3O/c1-18-15-3-2-4-16-14(15)5-6-17(21)20(16)12-9-13-7-10-19-11-8-13/h5-8,10-11,15,18H,2-4,9,12H2,1H3. The SMILES string of the molecule is CNC1CCCc2c1ccc(=O)n2CCc1ccncc1. The lowest BCUT2D eigenvalue weighted by Crippen LogP contribution is -2.31. The Morgan fingerprint density at radius 1 is 1.29 bits per heavy atom. The first-order valence-corrected chi connectivity index (χ1v) is 7.58. The van der Waals surface area contributed by atoms with Crippen molar-refractivity contribution in [2.24, 2.45) is 0 Å². The molecule has 4 heteroatoms. The van der Waals surface area contributed by atoms with Crippen molar-refractivity contribution in [3.8, 4) is 0 Å². The number of aryl methyl sites for hydroxylation is 1. The van der Waals surface area contributed by atoms with Gasteiger partial charge in [-0.3, -0.25) is 9.78 Å². The minimum atomic E-state index is 0.111. The minimum Gasteiger partial charge on any atom is -0.313 e. The second-order valence-corrected chi connectivity index (χ2v) is 5.56. The Kier molecular flexibility index (Phi) is 4.15. The Bertz CT molecular complexity index is 663. The third kappa shape index (κ3) is 2.90. The van der Waals surface area contributed by atoms with E-state index in [4.69, 9.17) is 0 Å². The van der Waals surface area contributed by atoms with Crippen molar-refractivity contribution < 1.29 is 0 Å². The Balaban J connectivity index is 1.89. The van der Waals surface area contributed by atoms with E-state index in [-0.39, 0.29) is 5.56 Å². The van der Waals surface area contributed by atoms with Crippen molar-refractivity contribution in [1.29, 1.82) is 0 Å². The summed E-state index contributed by atoms with van der Waals surface area (Å²) in [4.78, 5) is 16.3. The highest BCUT2D eigenvalue weighted by Crippen LogP contribution is 2.28. The van der Waals surface area contributed by atoms with Gasteiger partial charge in [0.25, 0.3) is 5.56 Å². The Labute approximate surface area is 124 Å². The van der Waals surface area contributed by atoms with E-state index in [0.29, 0.717) is 6.04 Å². The summed E-state index contributed by atoms with van der Waals surface area (Å²) in [5.74, 6) is 0. The number of hydrogen-bond acceptors (Lipinski definition) is 3. The molecule has 1 N–H and O–H groups in total. The van der Waals surface area contributed by atoms with Gasteiger partial charge in [-0.05, 0) is 56.0 Å². The van der Waals surface area contributed by atoms with E-state index in [0.717, 1.165) is 32.2 Å². The maximum atomic E-state index is 12.2. The van der Waals surface area contributed by atoms with Crippen molar-refractivity contribution in [2.45, 2.75) is 38.3 Å². The molecule has 0 amide bonds. The van der Waals surface area contributed by atoms with Gasteiger partial charge in [-0.15, -0.1) is 0 Å². The molecule has 0 saturated heterocycles. The van der Waals surface area contributed by atoms with Crippen LogP contribution in [0, 0.1) is 0 Å². The Morgan fingerprint density at radius 3 is 2.86 bits per heavy atom. The zero-order chi connectivity index (χ0) is 14.7. The summed E-state index contributed by atoms with van der Waals surface area (Å²) in [6, 6.07) is 8.11. The van der Waals surface area contributed by atoms with Crippen LogP contribution in [-0.2, 0) is 19.4 Å². The molecule has 0 saturated carbocycles. The van der Waals surface area contributed by atoms with Gasteiger partial charge >= 0.3 is 0 Å². The van der Waals surface area contributed by atoms with Crippen LogP contribution in [-0.4, -0.2) is 16.6 Å². The first-order valence-electron chi connectivity index (χ1n) is 7.58. The lowest BCUT2D eigenvalue weighted by molar-refractivity contribution is 0.467. The van der Waals surface area contributed by atoms with E-state index in [1.165, 1.54) is 16.8 Å². The quantitative estimate of drug-likeness (QED) is 0.934. The Morgan fingerprint density at radius 2 is 2.10 bits per heavy atom. The molecule has 1 aliphatic carbocycles. The molecule has 4 nitrogen and oxygen atoms in total. The molecule has 0 bridgehead atoms. The van der Waals surface area contributed by atoms with E-state index >= 15 is 0 Å². The molecule has 1 aliphatic rings. The summed E-state index contributed by atoms with van der Waals surface area (Å²) < 4.78 is 1.96.